The Bertz CT molecular complexity index is 370. The van der Waals surface area contributed by atoms with Gasteiger partial charge in [0, 0.05) is 6.54 Å². The van der Waals surface area contributed by atoms with Crippen molar-refractivity contribution in [2.45, 2.75) is 31.7 Å². The van der Waals surface area contributed by atoms with Gasteiger partial charge in [0.05, 0.1) is 18.3 Å². The number of rotatable bonds is 6. The van der Waals surface area contributed by atoms with Crippen LogP contribution in [-0.2, 0) is 0 Å². The quantitative estimate of drug-likeness (QED) is 0.795. The highest BCUT2D eigenvalue weighted by Gasteiger charge is 2.43. The first kappa shape index (κ1) is 12.2. The molecule has 1 aromatic rings. The summed E-state index contributed by atoms with van der Waals surface area (Å²) < 4.78 is 5.38. The molecule has 3 N–H and O–H groups in total. The van der Waals surface area contributed by atoms with Crippen molar-refractivity contribution in [2.24, 2.45) is 11.7 Å². The number of methoxy groups -OCH3 is 1. The molecule has 0 aromatic heterocycles. The molecule has 0 spiro atoms. The Hall–Kier alpha value is -1.22. The van der Waals surface area contributed by atoms with Crippen LogP contribution in [0.25, 0.3) is 0 Å². The van der Waals surface area contributed by atoms with Crippen molar-refractivity contribution < 1.29 is 4.74 Å². The van der Waals surface area contributed by atoms with Crippen molar-refractivity contribution in [1.29, 1.82) is 0 Å². The van der Waals surface area contributed by atoms with Gasteiger partial charge in [-0.3, -0.25) is 0 Å². The van der Waals surface area contributed by atoms with E-state index < -0.39 is 0 Å². The molecule has 3 heteroatoms. The second kappa shape index (κ2) is 4.96. The molecule has 1 aliphatic rings. The second-order valence-electron chi connectivity index (χ2n) is 4.81. The molecule has 3 nitrogen and oxygen atoms in total. The number of hydrogen-bond acceptors (Lipinski definition) is 3. The van der Waals surface area contributed by atoms with Crippen molar-refractivity contribution in [1.82, 2.24) is 0 Å². The SMILES string of the molecule is CCC(CN)(Nc1ccccc1OC)C1CC1. The Morgan fingerprint density at radius 1 is 1.41 bits per heavy atom. The molecule has 0 saturated heterocycles. The maximum atomic E-state index is 6.00. The summed E-state index contributed by atoms with van der Waals surface area (Å²) in [5, 5.41) is 3.62. The number of hydrogen-bond donors (Lipinski definition) is 2. The van der Waals surface area contributed by atoms with E-state index in [4.69, 9.17) is 10.5 Å². The summed E-state index contributed by atoms with van der Waals surface area (Å²) in [7, 11) is 1.70. The predicted molar refractivity (Wildman–Crippen MR) is 71.4 cm³/mol. The van der Waals surface area contributed by atoms with Crippen molar-refractivity contribution >= 4 is 5.69 Å². The Balaban J connectivity index is 2.22. The van der Waals surface area contributed by atoms with Gasteiger partial charge in [-0.25, -0.2) is 0 Å². The van der Waals surface area contributed by atoms with Crippen LogP contribution in [0.5, 0.6) is 5.75 Å². The normalized spacial score (nSPS) is 18.5. The summed E-state index contributed by atoms with van der Waals surface area (Å²) in [6.07, 6.45) is 3.62. The molecular formula is C14H22N2O. The van der Waals surface area contributed by atoms with Crippen LogP contribution >= 0.6 is 0 Å². The van der Waals surface area contributed by atoms with E-state index in [9.17, 15) is 0 Å². The standard InChI is InChI=1S/C14H22N2O/c1-3-14(10-15,11-8-9-11)16-12-6-4-5-7-13(12)17-2/h4-7,11,16H,3,8-10,15H2,1-2H3. The molecule has 0 radical (unpaired) electrons. The Morgan fingerprint density at radius 3 is 2.65 bits per heavy atom. The van der Waals surface area contributed by atoms with Crippen LogP contribution in [0.2, 0.25) is 0 Å². The zero-order valence-corrected chi connectivity index (χ0v) is 10.7. The third-order valence-electron chi connectivity index (χ3n) is 3.84. The molecule has 1 unspecified atom stereocenters. The lowest BCUT2D eigenvalue weighted by Gasteiger charge is -2.34. The number of nitrogens with two attached hydrogens (primary N) is 1. The monoisotopic (exact) mass is 234 g/mol. The lowest BCUT2D eigenvalue weighted by molar-refractivity contribution is 0.391. The summed E-state index contributed by atoms with van der Waals surface area (Å²) >= 11 is 0. The molecular weight excluding hydrogens is 212 g/mol. The number of para-hydroxylation sites is 2. The molecule has 0 bridgehead atoms. The Kier molecular flexibility index (Phi) is 3.57. The predicted octanol–water partition coefficient (Wildman–Crippen LogP) is 2.62. The second-order valence-corrected chi connectivity index (χ2v) is 4.81. The van der Waals surface area contributed by atoms with E-state index >= 15 is 0 Å². The summed E-state index contributed by atoms with van der Waals surface area (Å²) in [6, 6.07) is 8.04. The van der Waals surface area contributed by atoms with E-state index in [0.29, 0.717) is 12.5 Å². The van der Waals surface area contributed by atoms with E-state index in [1.807, 2.05) is 18.2 Å². The van der Waals surface area contributed by atoms with E-state index in [1.54, 1.807) is 7.11 Å². The zero-order valence-electron chi connectivity index (χ0n) is 10.7. The van der Waals surface area contributed by atoms with E-state index in [1.165, 1.54) is 12.8 Å². The van der Waals surface area contributed by atoms with Crippen LogP contribution in [0.15, 0.2) is 24.3 Å². The fourth-order valence-electron chi connectivity index (χ4n) is 2.49. The molecule has 1 aliphatic carbocycles. The van der Waals surface area contributed by atoms with E-state index in [2.05, 4.69) is 18.3 Å². The molecule has 0 heterocycles. The molecule has 17 heavy (non-hydrogen) atoms. The summed E-state index contributed by atoms with van der Waals surface area (Å²) in [5.41, 5.74) is 7.08. The van der Waals surface area contributed by atoms with Gasteiger partial charge in [-0.2, -0.15) is 0 Å². The molecule has 0 aliphatic heterocycles. The molecule has 0 amide bonds. The molecule has 1 atom stereocenters. The number of anilines is 1. The highest BCUT2D eigenvalue weighted by atomic mass is 16.5. The van der Waals surface area contributed by atoms with Gasteiger partial charge in [0.15, 0.2) is 0 Å². The maximum absolute atomic E-state index is 6.00. The average molecular weight is 234 g/mol. The summed E-state index contributed by atoms with van der Waals surface area (Å²) in [5.74, 6) is 1.60. The van der Waals surface area contributed by atoms with Crippen LogP contribution in [-0.4, -0.2) is 19.2 Å². The number of nitrogens with one attached hydrogen (secondary N) is 1. The first-order valence-electron chi connectivity index (χ1n) is 6.37. The number of ether oxygens (including phenoxy) is 1. The van der Waals surface area contributed by atoms with Gasteiger partial charge >= 0.3 is 0 Å². The summed E-state index contributed by atoms with van der Waals surface area (Å²) in [6.45, 7) is 2.87. The molecule has 1 saturated carbocycles. The minimum absolute atomic E-state index is 0.0363. The molecule has 2 rings (SSSR count). The van der Waals surface area contributed by atoms with E-state index in [-0.39, 0.29) is 5.54 Å². The Morgan fingerprint density at radius 2 is 2.12 bits per heavy atom. The van der Waals surface area contributed by atoms with Crippen LogP contribution in [0.3, 0.4) is 0 Å². The molecule has 1 fully saturated rings. The highest BCUT2D eigenvalue weighted by molar-refractivity contribution is 5.58. The lowest BCUT2D eigenvalue weighted by Crippen LogP contribution is -2.47. The lowest BCUT2D eigenvalue weighted by atomic mass is 9.89. The average Bonchev–Trinajstić information content (AvgIpc) is 3.21. The third kappa shape index (κ3) is 2.39. The van der Waals surface area contributed by atoms with Crippen molar-refractivity contribution in [3.63, 3.8) is 0 Å². The first-order chi connectivity index (χ1) is 8.25. The van der Waals surface area contributed by atoms with Gasteiger partial charge in [0.1, 0.15) is 5.75 Å². The van der Waals surface area contributed by atoms with Crippen LogP contribution < -0.4 is 15.8 Å². The molecule has 1 aromatic carbocycles. The summed E-state index contributed by atoms with van der Waals surface area (Å²) in [4.78, 5) is 0. The zero-order chi connectivity index (χ0) is 12.3. The van der Waals surface area contributed by atoms with Crippen molar-refractivity contribution in [2.75, 3.05) is 19.0 Å². The van der Waals surface area contributed by atoms with Crippen LogP contribution in [0.1, 0.15) is 26.2 Å². The van der Waals surface area contributed by atoms with Crippen molar-refractivity contribution in [3.05, 3.63) is 24.3 Å². The largest absolute Gasteiger partial charge is 0.495 e. The van der Waals surface area contributed by atoms with Gasteiger partial charge in [0.25, 0.3) is 0 Å². The topological polar surface area (TPSA) is 47.3 Å². The minimum Gasteiger partial charge on any atom is -0.495 e. The van der Waals surface area contributed by atoms with Gasteiger partial charge in [-0.15, -0.1) is 0 Å². The Labute approximate surface area is 103 Å². The van der Waals surface area contributed by atoms with Crippen LogP contribution in [0, 0.1) is 5.92 Å². The van der Waals surface area contributed by atoms with E-state index in [0.717, 1.165) is 17.9 Å². The molecule has 94 valence electrons. The third-order valence-corrected chi connectivity index (χ3v) is 3.84. The minimum atomic E-state index is 0.0363. The van der Waals surface area contributed by atoms with Gasteiger partial charge in [0.2, 0.25) is 0 Å². The fourth-order valence-corrected chi connectivity index (χ4v) is 2.49. The first-order valence-corrected chi connectivity index (χ1v) is 6.37. The van der Waals surface area contributed by atoms with Gasteiger partial charge in [-0.05, 0) is 37.3 Å². The maximum Gasteiger partial charge on any atom is 0.141 e. The number of benzene rings is 1. The van der Waals surface area contributed by atoms with Crippen molar-refractivity contribution in [3.8, 4) is 5.75 Å². The van der Waals surface area contributed by atoms with Gasteiger partial charge in [-0.1, -0.05) is 19.1 Å². The van der Waals surface area contributed by atoms with Crippen LogP contribution in [0.4, 0.5) is 5.69 Å². The fraction of sp³-hybridized carbons (Fsp3) is 0.571. The van der Waals surface area contributed by atoms with Gasteiger partial charge < -0.3 is 15.8 Å². The smallest absolute Gasteiger partial charge is 0.141 e. The highest BCUT2D eigenvalue weighted by Crippen LogP contribution is 2.44.